The zero-order valence-electron chi connectivity index (χ0n) is 16.1. The van der Waals surface area contributed by atoms with Crippen LogP contribution in [0.25, 0.3) is 0 Å². The summed E-state index contributed by atoms with van der Waals surface area (Å²) in [4.78, 5) is 20.2. The van der Waals surface area contributed by atoms with Crippen LogP contribution in [0.5, 0.6) is 0 Å². The van der Waals surface area contributed by atoms with Crippen LogP contribution in [-0.4, -0.2) is 47.8 Å². The van der Waals surface area contributed by atoms with Crippen molar-refractivity contribution in [2.45, 2.75) is 50.6 Å². The Hall–Kier alpha value is -1.49. The number of likely N-dealkylation sites (tertiary alicyclic amines) is 2. The maximum absolute atomic E-state index is 13.8. The monoisotopic (exact) mass is 382 g/mol. The van der Waals surface area contributed by atoms with Crippen molar-refractivity contribution in [3.05, 3.63) is 58.3 Å². The van der Waals surface area contributed by atoms with Gasteiger partial charge >= 0.3 is 0 Å². The second-order valence-electron chi connectivity index (χ2n) is 7.83. The Morgan fingerprint density at radius 3 is 2.00 bits per heavy atom. The highest BCUT2D eigenvalue weighted by atomic mass is 32.1. The molecule has 0 radical (unpaired) electrons. The Balaban J connectivity index is 1.72. The second-order valence-corrected chi connectivity index (χ2v) is 8.81. The lowest BCUT2D eigenvalue weighted by molar-refractivity contribution is 0.0435. The van der Waals surface area contributed by atoms with Crippen LogP contribution < -0.4 is 0 Å². The Morgan fingerprint density at radius 1 is 0.778 bits per heavy atom. The molecule has 144 valence electrons. The number of nitrogens with zero attached hydrogens (tertiary/aromatic N) is 2. The number of hydrogen-bond donors (Lipinski definition) is 0. The summed E-state index contributed by atoms with van der Waals surface area (Å²) in [5, 5.41) is 2.16. The molecule has 0 unspecified atom stereocenters. The Morgan fingerprint density at radius 2 is 1.41 bits per heavy atom. The van der Waals surface area contributed by atoms with Gasteiger partial charge in [-0.1, -0.05) is 49.2 Å². The topological polar surface area (TPSA) is 23.6 Å². The van der Waals surface area contributed by atoms with Crippen molar-refractivity contribution in [1.29, 1.82) is 0 Å². The van der Waals surface area contributed by atoms with E-state index in [2.05, 4.69) is 27.3 Å². The van der Waals surface area contributed by atoms with E-state index in [4.69, 9.17) is 0 Å². The van der Waals surface area contributed by atoms with Gasteiger partial charge in [0, 0.05) is 10.4 Å². The van der Waals surface area contributed by atoms with E-state index in [1.165, 1.54) is 43.4 Å². The number of rotatable bonds is 6. The summed E-state index contributed by atoms with van der Waals surface area (Å²) in [7, 11) is 0. The molecule has 1 aromatic heterocycles. The Kier molecular flexibility index (Phi) is 6.38. The van der Waals surface area contributed by atoms with E-state index < -0.39 is 0 Å². The Bertz CT molecular complexity index is 703. The quantitative estimate of drug-likeness (QED) is 0.656. The van der Waals surface area contributed by atoms with Gasteiger partial charge in [0.05, 0.1) is 12.1 Å². The third-order valence-corrected chi connectivity index (χ3v) is 6.97. The third kappa shape index (κ3) is 4.34. The molecule has 2 atom stereocenters. The number of piperidine rings is 2. The fraction of sp³-hybridized carbons (Fsp3) is 0.522. The van der Waals surface area contributed by atoms with Gasteiger partial charge in [-0.3, -0.25) is 14.6 Å². The first kappa shape index (κ1) is 18.9. The summed E-state index contributed by atoms with van der Waals surface area (Å²) in [5.41, 5.74) is 0.853. The predicted molar refractivity (Wildman–Crippen MR) is 112 cm³/mol. The molecule has 0 N–H and O–H groups in total. The predicted octanol–water partition coefficient (Wildman–Crippen LogP) is 5.01. The minimum atomic E-state index is -0.0792. The van der Waals surface area contributed by atoms with E-state index in [9.17, 15) is 4.79 Å². The van der Waals surface area contributed by atoms with E-state index in [0.717, 1.165) is 31.7 Å². The van der Waals surface area contributed by atoms with Gasteiger partial charge in [-0.25, -0.2) is 0 Å². The average Bonchev–Trinajstić information content (AvgIpc) is 3.28. The molecule has 2 fully saturated rings. The second kappa shape index (κ2) is 9.13. The molecule has 0 bridgehead atoms. The molecular weight excluding hydrogens is 352 g/mol. The average molecular weight is 383 g/mol. The number of hydrogen-bond acceptors (Lipinski definition) is 4. The number of ketones is 1. The standard InChI is InChI=1S/C23H30N2OS/c26-23(19-11-4-1-5-12-19)22(25-16-8-3-9-17-25)21(20-13-10-18-27-20)24-14-6-2-7-15-24/h1,4-5,10-13,18,21-22H,2-3,6-9,14-17H2/t21-,22+/m1/s1. The van der Waals surface area contributed by atoms with Crippen LogP contribution in [0.4, 0.5) is 0 Å². The van der Waals surface area contributed by atoms with Crippen molar-refractivity contribution in [3.63, 3.8) is 0 Å². The minimum Gasteiger partial charge on any atom is -0.294 e. The first-order valence-electron chi connectivity index (χ1n) is 10.5. The largest absolute Gasteiger partial charge is 0.294 e. The van der Waals surface area contributed by atoms with E-state index in [1.54, 1.807) is 0 Å². The van der Waals surface area contributed by atoms with Gasteiger partial charge in [0.1, 0.15) is 0 Å². The van der Waals surface area contributed by atoms with Gasteiger partial charge in [-0.05, 0) is 63.3 Å². The maximum Gasteiger partial charge on any atom is 0.181 e. The number of benzene rings is 1. The summed E-state index contributed by atoms with van der Waals surface area (Å²) in [6.07, 6.45) is 7.50. The fourth-order valence-electron chi connectivity index (χ4n) is 4.67. The van der Waals surface area contributed by atoms with Crippen molar-refractivity contribution in [3.8, 4) is 0 Å². The molecule has 0 saturated carbocycles. The summed E-state index contributed by atoms with van der Waals surface area (Å²) in [5.74, 6) is 0.293. The lowest BCUT2D eigenvalue weighted by Crippen LogP contribution is -2.53. The number of carbonyl (C=O) groups is 1. The summed E-state index contributed by atoms with van der Waals surface area (Å²) in [6, 6.07) is 14.4. The molecule has 4 heteroatoms. The van der Waals surface area contributed by atoms with Crippen molar-refractivity contribution in [2.75, 3.05) is 26.2 Å². The highest BCUT2D eigenvalue weighted by molar-refractivity contribution is 7.10. The van der Waals surface area contributed by atoms with Gasteiger partial charge in [-0.2, -0.15) is 0 Å². The molecular formula is C23H30N2OS. The maximum atomic E-state index is 13.8. The molecule has 2 saturated heterocycles. The molecule has 0 amide bonds. The lowest BCUT2D eigenvalue weighted by atomic mass is 9.91. The summed E-state index contributed by atoms with van der Waals surface area (Å²) in [6.45, 7) is 4.29. The molecule has 2 aliphatic rings. The van der Waals surface area contributed by atoms with Gasteiger partial charge in [0.2, 0.25) is 0 Å². The first-order valence-corrected chi connectivity index (χ1v) is 11.3. The normalized spacial score (nSPS) is 21.6. The van der Waals surface area contributed by atoms with Crippen LogP contribution in [-0.2, 0) is 0 Å². The van der Waals surface area contributed by atoms with Gasteiger partial charge in [0.25, 0.3) is 0 Å². The van der Waals surface area contributed by atoms with Crippen LogP contribution in [0.1, 0.15) is 59.8 Å². The SMILES string of the molecule is O=C(c1ccccc1)[C@H]([C@@H](c1cccs1)N1CCCCC1)N1CCCCC1. The smallest absolute Gasteiger partial charge is 0.181 e. The van der Waals surface area contributed by atoms with E-state index >= 15 is 0 Å². The molecule has 3 nitrogen and oxygen atoms in total. The highest BCUT2D eigenvalue weighted by Gasteiger charge is 2.39. The van der Waals surface area contributed by atoms with Gasteiger partial charge in [-0.15, -0.1) is 11.3 Å². The van der Waals surface area contributed by atoms with Gasteiger partial charge in [0.15, 0.2) is 5.78 Å². The van der Waals surface area contributed by atoms with Crippen LogP contribution >= 0.6 is 11.3 Å². The molecule has 2 aromatic rings. The molecule has 27 heavy (non-hydrogen) atoms. The zero-order chi connectivity index (χ0) is 18.5. The molecule has 0 spiro atoms. The molecule has 4 rings (SSSR count). The zero-order valence-corrected chi connectivity index (χ0v) is 16.9. The minimum absolute atomic E-state index is 0.0792. The van der Waals surface area contributed by atoms with E-state index in [-0.39, 0.29) is 12.1 Å². The fourth-order valence-corrected chi connectivity index (χ4v) is 5.56. The molecule has 2 aliphatic heterocycles. The van der Waals surface area contributed by atoms with Crippen LogP contribution in [0.3, 0.4) is 0 Å². The molecule has 0 aliphatic carbocycles. The van der Waals surface area contributed by atoms with Gasteiger partial charge < -0.3 is 0 Å². The lowest BCUT2D eigenvalue weighted by Gasteiger charge is -2.44. The Labute approximate surface area is 167 Å². The van der Waals surface area contributed by atoms with Crippen LogP contribution in [0.2, 0.25) is 0 Å². The van der Waals surface area contributed by atoms with Crippen LogP contribution in [0, 0.1) is 0 Å². The number of thiophene rings is 1. The number of carbonyl (C=O) groups excluding carboxylic acids is 1. The molecule has 3 heterocycles. The van der Waals surface area contributed by atoms with Crippen molar-refractivity contribution in [2.24, 2.45) is 0 Å². The highest BCUT2D eigenvalue weighted by Crippen LogP contribution is 2.35. The van der Waals surface area contributed by atoms with E-state index in [1.807, 2.05) is 41.7 Å². The van der Waals surface area contributed by atoms with E-state index in [0.29, 0.717) is 5.78 Å². The number of Topliss-reactive ketones (excluding diaryl/α,β-unsaturated/α-hetero) is 1. The summed E-state index contributed by atoms with van der Waals surface area (Å²) >= 11 is 1.81. The third-order valence-electron chi connectivity index (χ3n) is 6.03. The molecule has 1 aromatic carbocycles. The van der Waals surface area contributed by atoms with Crippen molar-refractivity contribution in [1.82, 2.24) is 9.80 Å². The van der Waals surface area contributed by atoms with Crippen molar-refractivity contribution < 1.29 is 4.79 Å². The first-order chi connectivity index (χ1) is 13.3. The summed E-state index contributed by atoms with van der Waals surface area (Å²) < 4.78 is 0. The van der Waals surface area contributed by atoms with Crippen molar-refractivity contribution >= 4 is 17.1 Å². The van der Waals surface area contributed by atoms with Crippen LogP contribution in [0.15, 0.2) is 47.8 Å².